The highest BCUT2D eigenvalue weighted by molar-refractivity contribution is 4.83. The normalized spacial score (nSPS) is 45.8. The van der Waals surface area contributed by atoms with Crippen molar-refractivity contribution in [2.24, 2.45) is 5.92 Å². The summed E-state index contributed by atoms with van der Waals surface area (Å²) in [5, 5.41) is 9.56. The lowest BCUT2D eigenvalue weighted by Gasteiger charge is -2.36. The van der Waals surface area contributed by atoms with Gasteiger partial charge in [0, 0.05) is 13.0 Å². The number of hydrogen-bond acceptors (Lipinski definition) is 3. The van der Waals surface area contributed by atoms with Crippen LogP contribution in [0.4, 0.5) is 0 Å². The van der Waals surface area contributed by atoms with Crippen LogP contribution in [0.1, 0.15) is 13.8 Å². The van der Waals surface area contributed by atoms with E-state index in [9.17, 15) is 5.11 Å². The molecule has 1 aliphatic heterocycles. The molecule has 0 aromatic rings. The Labute approximate surface area is 67.3 Å². The van der Waals surface area contributed by atoms with Crippen LogP contribution in [0.5, 0.6) is 0 Å². The van der Waals surface area contributed by atoms with E-state index in [-0.39, 0.29) is 18.1 Å². The first kappa shape index (κ1) is 8.97. The summed E-state index contributed by atoms with van der Waals surface area (Å²) in [6.45, 7) is 4.56. The van der Waals surface area contributed by atoms with Crippen molar-refractivity contribution in [1.29, 1.82) is 0 Å². The average Bonchev–Trinajstić information content (AvgIpc) is 1.99. The Balaban J connectivity index is 2.55. The summed E-state index contributed by atoms with van der Waals surface area (Å²) in [5.41, 5.74) is 0. The molecule has 4 unspecified atom stereocenters. The fraction of sp³-hybridized carbons (Fsp3) is 1.00. The van der Waals surface area contributed by atoms with Crippen molar-refractivity contribution in [2.45, 2.75) is 32.2 Å². The Bertz CT molecular complexity index is 127. The van der Waals surface area contributed by atoms with Crippen molar-refractivity contribution < 1.29 is 14.6 Å². The molecule has 0 spiro atoms. The van der Waals surface area contributed by atoms with Gasteiger partial charge < -0.3 is 14.6 Å². The molecule has 3 heteroatoms. The zero-order valence-electron chi connectivity index (χ0n) is 7.28. The number of hydrogen-bond donors (Lipinski definition) is 1. The third kappa shape index (κ3) is 1.72. The monoisotopic (exact) mass is 160 g/mol. The molecule has 1 heterocycles. The molecule has 0 aromatic heterocycles. The van der Waals surface area contributed by atoms with Crippen LogP contribution in [0.3, 0.4) is 0 Å². The lowest BCUT2D eigenvalue weighted by Crippen LogP contribution is -2.48. The minimum absolute atomic E-state index is 0.0706. The lowest BCUT2D eigenvalue weighted by molar-refractivity contribution is -0.164. The van der Waals surface area contributed by atoms with E-state index in [1.807, 2.05) is 13.8 Å². The predicted molar refractivity (Wildman–Crippen MR) is 41.4 cm³/mol. The Kier molecular flexibility index (Phi) is 2.87. The molecule has 3 nitrogen and oxygen atoms in total. The third-order valence-electron chi connectivity index (χ3n) is 2.27. The molecule has 0 radical (unpaired) electrons. The van der Waals surface area contributed by atoms with E-state index in [0.717, 1.165) is 0 Å². The second-order valence-corrected chi connectivity index (χ2v) is 3.21. The van der Waals surface area contributed by atoms with Crippen LogP contribution in [-0.4, -0.2) is 37.1 Å². The summed E-state index contributed by atoms with van der Waals surface area (Å²) in [6.07, 6.45) is -0.654. The molecule has 1 aliphatic rings. The number of methoxy groups -OCH3 is 1. The van der Waals surface area contributed by atoms with Crippen LogP contribution < -0.4 is 0 Å². The zero-order chi connectivity index (χ0) is 8.43. The Morgan fingerprint density at radius 1 is 1.45 bits per heavy atom. The maximum absolute atomic E-state index is 9.56. The summed E-state index contributed by atoms with van der Waals surface area (Å²) >= 11 is 0. The van der Waals surface area contributed by atoms with Gasteiger partial charge in [0.15, 0.2) is 0 Å². The summed E-state index contributed by atoms with van der Waals surface area (Å²) in [4.78, 5) is 0. The van der Waals surface area contributed by atoms with Gasteiger partial charge in [0.25, 0.3) is 0 Å². The van der Waals surface area contributed by atoms with E-state index in [1.165, 1.54) is 0 Å². The predicted octanol–water partition coefficient (Wildman–Crippen LogP) is 0.417. The molecule has 0 aromatic carbocycles. The van der Waals surface area contributed by atoms with Gasteiger partial charge in [-0.2, -0.15) is 0 Å². The highest BCUT2D eigenvalue weighted by Gasteiger charge is 2.34. The lowest BCUT2D eigenvalue weighted by atomic mass is 9.94. The van der Waals surface area contributed by atoms with Crippen molar-refractivity contribution in [3.63, 3.8) is 0 Å². The van der Waals surface area contributed by atoms with E-state index < -0.39 is 6.10 Å². The van der Waals surface area contributed by atoms with Crippen LogP contribution >= 0.6 is 0 Å². The van der Waals surface area contributed by atoms with Gasteiger partial charge in [-0.15, -0.1) is 0 Å². The van der Waals surface area contributed by atoms with Crippen molar-refractivity contribution in [2.75, 3.05) is 13.7 Å². The fourth-order valence-electron chi connectivity index (χ4n) is 1.47. The topological polar surface area (TPSA) is 38.7 Å². The summed E-state index contributed by atoms with van der Waals surface area (Å²) < 4.78 is 10.5. The maximum Gasteiger partial charge on any atom is 0.106 e. The van der Waals surface area contributed by atoms with Gasteiger partial charge in [-0.05, 0) is 6.92 Å². The van der Waals surface area contributed by atoms with Crippen molar-refractivity contribution in [3.05, 3.63) is 0 Å². The molecule has 1 N–H and O–H groups in total. The summed E-state index contributed by atoms with van der Waals surface area (Å²) in [6, 6.07) is 0. The van der Waals surface area contributed by atoms with Gasteiger partial charge in [0.05, 0.1) is 18.8 Å². The molecule has 0 aliphatic carbocycles. The third-order valence-corrected chi connectivity index (χ3v) is 2.27. The Morgan fingerprint density at radius 2 is 2.09 bits per heavy atom. The number of aliphatic hydroxyl groups is 1. The SMILES string of the molecule is COC1C(C)COC(C)C1O. The summed E-state index contributed by atoms with van der Waals surface area (Å²) in [7, 11) is 1.63. The molecule has 1 saturated heterocycles. The molecule has 0 saturated carbocycles. The minimum atomic E-state index is -0.483. The van der Waals surface area contributed by atoms with Crippen molar-refractivity contribution in [3.8, 4) is 0 Å². The second-order valence-electron chi connectivity index (χ2n) is 3.21. The molecule has 4 atom stereocenters. The molecule has 1 rings (SSSR count). The highest BCUT2D eigenvalue weighted by Crippen LogP contribution is 2.21. The number of aliphatic hydroxyl groups excluding tert-OH is 1. The van der Waals surface area contributed by atoms with Crippen LogP contribution in [0, 0.1) is 5.92 Å². The van der Waals surface area contributed by atoms with E-state index in [0.29, 0.717) is 6.61 Å². The maximum atomic E-state index is 9.56. The molecular weight excluding hydrogens is 144 g/mol. The van der Waals surface area contributed by atoms with Gasteiger partial charge in [-0.3, -0.25) is 0 Å². The number of ether oxygens (including phenoxy) is 2. The molecule has 11 heavy (non-hydrogen) atoms. The Morgan fingerprint density at radius 3 is 2.55 bits per heavy atom. The molecule has 0 amide bonds. The first-order valence-electron chi connectivity index (χ1n) is 3.99. The van der Waals surface area contributed by atoms with E-state index in [4.69, 9.17) is 9.47 Å². The van der Waals surface area contributed by atoms with Crippen LogP contribution in [0.25, 0.3) is 0 Å². The van der Waals surface area contributed by atoms with Crippen molar-refractivity contribution >= 4 is 0 Å². The Hall–Kier alpha value is -0.120. The first-order chi connectivity index (χ1) is 5.16. The molecule has 0 bridgehead atoms. The van der Waals surface area contributed by atoms with Crippen LogP contribution in [0.2, 0.25) is 0 Å². The van der Waals surface area contributed by atoms with Crippen LogP contribution in [0.15, 0.2) is 0 Å². The quantitative estimate of drug-likeness (QED) is 0.604. The van der Waals surface area contributed by atoms with Gasteiger partial charge in [0.2, 0.25) is 0 Å². The smallest absolute Gasteiger partial charge is 0.106 e. The number of rotatable bonds is 1. The first-order valence-corrected chi connectivity index (χ1v) is 3.99. The summed E-state index contributed by atoms with van der Waals surface area (Å²) in [5.74, 6) is 0.284. The molecule has 66 valence electrons. The standard InChI is InChI=1S/C8H16O3/c1-5-4-11-6(2)7(9)8(5)10-3/h5-9H,4H2,1-3H3. The van der Waals surface area contributed by atoms with Gasteiger partial charge in [-0.25, -0.2) is 0 Å². The second kappa shape index (κ2) is 3.52. The van der Waals surface area contributed by atoms with Crippen molar-refractivity contribution in [1.82, 2.24) is 0 Å². The molecular formula is C8H16O3. The van der Waals surface area contributed by atoms with Gasteiger partial charge in [-0.1, -0.05) is 6.92 Å². The fourth-order valence-corrected chi connectivity index (χ4v) is 1.47. The van der Waals surface area contributed by atoms with Crippen LogP contribution in [-0.2, 0) is 9.47 Å². The minimum Gasteiger partial charge on any atom is -0.388 e. The van der Waals surface area contributed by atoms with E-state index >= 15 is 0 Å². The molecule has 1 fully saturated rings. The van der Waals surface area contributed by atoms with Gasteiger partial charge in [0.1, 0.15) is 6.10 Å². The van der Waals surface area contributed by atoms with E-state index in [2.05, 4.69) is 0 Å². The average molecular weight is 160 g/mol. The highest BCUT2D eigenvalue weighted by atomic mass is 16.5. The largest absolute Gasteiger partial charge is 0.388 e. The van der Waals surface area contributed by atoms with E-state index in [1.54, 1.807) is 7.11 Å². The zero-order valence-corrected chi connectivity index (χ0v) is 7.28. The van der Waals surface area contributed by atoms with Gasteiger partial charge >= 0.3 is 0 Å².